The van der Waals surface area contributed by atoms with Gasteiger partial charge in [-0.2, -0.15) is 0 Å². The summed E-state index contributed by atoms with van der Waals surface area (Å²) >= 11 is 0. The number of amides is 1. The molecule has 14 heterocycles. The van der Waals surface area contributed by atoms with E-state index in [1.807, 2.05) is 0 Å². The number of rotatable bonds is 14. The second-order valence-electron chi connectivity index (χ2n) is 40.9. The fraction of sp³-hybridized carbons (Fsp3) is 0.988. The maximum Gasteiger partial charge on any atom is 0.230 e. The van der Waals surface area contributed by atoms with Gasteiger partial charge < -0.3 is 34.1 Å². The Bertz CT molecular complexity index is 2350. The van der Waals surface area contributed by atoms with E-state index in [-0.39, 0.29) is 11.0 Å². The molecule has 14 rings (SSSR count). The molecule has 14 fully saturated rings. The highest BCUT2D eigenvalue weighted by molar-refractivity contribution is 5.85. The largest absolute Gasteiger partial charge is 0.370 e. The number of likely N-dealkylation sites (tertiary alicyclic amines) is 13. The molecule has 1 amide bonds. The predicted molar refractivity (Wildman–Crippen MR) is 434 cm³/mol. The summed E-state index contributed by atoms with van der Waals surface area (Å²) in [6.07, 6.45) is 10.7. The van der Waals surface area contributed by atoms with E-state index in [9.17, 15) is 4.79 Å². The molecular formula is C86H170N14O2. The quantitative estimate of drug-likeness (QED) is 0.166. The van der Waals surface area contributed by atoms with Crippen LogP contribution >= 0.6 is 0 Å². The van der Waals surface area contributed by atoms with Crippen molar-refractivity contribution in [2.75, 3.05) is 183 Å². The van der Waals surface area contributed by atoms with Gasteiger partial charge >= 0.3 is 0 Å². The van der Waals surface area contributed by atoms with Crippen molar-refractivity contribution < 1.29 is 9.53 Å². The van der Waals surface area contributed by atoms with Crippen molar-refractivity contribution in [3.05, 3.63) is 0 Å². The Morgan fingerprint density at radius 1 is 0.225 bits per heavy atom. The maximum absolute atomic E-state index is 12.4. The Labute approximate surface area is 632 Å². The minimum Gasteiger partial charge on any atom is -0.370 e. The Balaban J connectivity index is 0.000000151. The molecule has 596 valence electrons. The minimum atomic E-state index is -0.0332. The van der Waals surface area contributed by atoms with Gasteiger partial charge in [0.15, 0.2) is 0 Å². The van der Waals surface area contributed by atoms with E-state index in [0.717, 1.165) is 126 Å². The molecule has 16 nitrogen and oxygen atoms in total. The van der Waals surface area contributed by atoms with Crippen LogP contribution in [0.5, 0.6) is 0 Å². The van der Waals surface area contributed by atoms with Crippen molar-refractivity contribution in [1.29, 1.82) is 0 Å². The second kappa shape index (κ2) is 35.9. The monoisotopic (exact) mass is 1430 g/mol. The summed E-state index contributed by atoms with van der Waals surface area (Å²) in [4.78, 5) is 48.2. The molecule has 0 aliphatic carbocycles. The van der Waals surface area contributed by atoms with E-state index >= 15 is 0 Å². The third kappa shape index (κ3) is 21.5. The van der Waals surface area contributed by atoms with E-state index < -0.39 is 0 Å². The Kier molecular flexibility index (Phi) is 30.5. The topological polar surface area (TPSA) is 71.7 Å². The van der Waals surface area contributed by atoms with Crippen LogP contribution < -0.4 is 0 Å². The van der Waals surface area contributed by atoms with Crippen molar-refractivity contribution in [2.24, 2.45) is 32.5 Å². The lowest BCUT2D eigenvalue weighted by atomic mass is 9.72. The molecule has 14 aliphatic heterocycles. The summed E-state index contributed by atoms with van der Waals surface area (Å²) in [5.74, 6) is 0.408. The third-order valence-electron chi connectivity index (χ3n) is 28.3. The number of morpholine rings is 1. The van der Waals surface area contributed by atoms with Crippen LogP contribution in [0, 0.1) is 32.5 Å². The van der Waals surface area contributed by atoms with Gasteiger partial charge in [0.25, 0.3) is 0 Å². The van der Waals surface area contributed by atoms with E-state index in [2.05, 4.69) is 262 Å². The van der Waals surface area contributed by atoms with Crippen LogP contribution in [0.1, 0.15) is 245 Å². The van der Waals surface area contributed by atoms with Gasteiger partial charge in [-0.1, -0.05) is 0 Å². The van der Waals surface area contributed by atoms with Gasteiger partial charge in [0.1, 0.15) is 5.60 Å². The molecule has 0 aromatic rings. The third-order valence-corrected chi connectivity index (χ3v) is 28.3. The smallest absolute Gasteiger partial charge is 0.230 e. The molecular weight excluding hydrogens is 1260 g/mol. The molecule has 0 bridgehead atoms. The highest BCUT2D eigenvalue weighted by Gasteiger charge is 2.55. The van der Waals surface area contributed by atoms with E-state index in [1.54, 1.807) is 0 Å². The maximum atomic E-state index is 12.4. The fourth-order valence-electron chi connectivity index (χ4n) is 20.2. The number of carbonyl (C=O) groups excluding carboxylic acids is 1. The molecule has 0 N–H and O–H groups in total. The van der Waals surface area contributed by atoms with Crippen molar-refractivity contribution in [1.82, 2.24) is 68.6 Å². The standard InChI is InChI=1S/C13H24N2O.2C13H26N2.C12H24N2O.2C12H24N2.C11H22N2/c1-10(2)14-7-5-13(9-14)6-8-15(11(3)4)12(13)16;1-11(2)14-7-5-13(9-14)6-8-15(10-13)12(3)4;1-11(2)14-7-5-6-13(8-14)9-15(10-13)12(3)4;1-10(2)13-5-6-15-12(7-13)8-14(9-12)11(3)4;2*1-10(2)13-6-5-12(7-13)8-14(9-12)11(3)4;1-9(2)12-5-11(6-12)7-13(8-11)10(3)4/h10-11H,5-9H2,1-4H3;2*11-12H,5-10H2,1-4H3;10-11H,5-9H2,1-4H3;2*10-11H,5-9H2,1-4H3;9-10H,5-8H2,1-4H3. The number of hydrogen-bond donors (Lipinski definition) is 0. The Hall–Kier alpha value is -1.09. The molecule has 102 heavy (non-hydrogen) atoms. The van der Waals surface area contributed by atoms with Crippen LogP contribution in [0.4, 0.5) is 0 Å². The first-order valence-corrected chi connectivity index (χ1v) is 43.2. The van der Waals surface area contributed by atoms with Gasteiger partial charge in [-0.3, -0.25) is 44.0 Å². The average Bonchev–Trinajstić information content (AvgIpc) is 1.29. The fourth-order valence-corrected chi connectivity index (χ4v) is 20.2. The number of carbonyl (C=O) groups is 1. The van der Waals surface area contributed by atoms with Crippen LogP contribution in [0.3, 0.4) is 0 Å². The van der Waals surface area contributed by atoms with Crippen molar-refractivity contribution in [3.8, 4) is 0 Å². The lowest BCUT2D eigenvalue weighted by Gasteiger charge is -2.62. The molecule has 7 spiro atoms. The van der Waals surface area contributed by atoms with Crippen molar-refractivity contribution in [2.45, 2.75) is 335 Å². The van der Waals surface area contributed by atoms with E-state index in [0.29, 0.717) is 57.1 Å². The van der Waals surface area contributed by atoms with Crippen molar-refractivity contribution in [3.63, 3.8) is 0 Å². The van der Waals surface area contributed by atoms with E-state index in [4.69, 9.17) is 4.74 Å². The van der Waals surface area contributed by atoms with Crippen LogP contribution in [-0.4, -0.2) is 348 Å². The molecule has 0 aromatic heterocycles. The number of ether oxygens (including phenoxy) is 1. The van der Waals surface area contributed by atoms with Gasteiger partial charge in [0, 0.05) is 244 Å². The lowest BCUT2D eigenvalue weighted by molar-refractivity contribution is -0.194. The predicted octanol–water partition coefficient (Wildman–Crippen LogP) is 12.4. The van der Waals surface area contributed by atoms with Crippen molar-refractivity contribution >= 4 is 5.91 Å². The highest BCUT2D eigenvalue weighted by atomic mass is 16.5. The van der Waals surface area contributed by atoms with Gasteiger partial charge in [-0.25, -0.2) is 0 Å². The molecule has 0 saturated carbocycles. The highest BCUT2D eigenvalue weighted by Crippen LogP contribution is 2.46. The van der Waals surface area contributed by atoms with Crippen LogP contribution in [0.25, 0.3) is 0 Å². The molecule has 1 unspecified atom stereocenters. The van der Waals surface area contributed by atoms with Gasteiger partial charge in [-0.15, -0.1) is 0 Å². The number of hydrogen-bond acceptors (Lipinski definition) is 15. The Morgan fingerprint density at radius 3 is 0.765 bits per heavy atom. The normalized spacial score (nSPS) is 28.4. The van der Waals surface area contributed by atoms with Gasteiger partial charge in [0.2, 0.25) is 5.91 Å². The number of piperidine rings is 1. The first-order chi connectivity index (χ1) is 47.6. The van der Waals surface area contributed by atoms with Gasteiger partial charge in [-0.05, 0) is 290 Å². The minimum absolute atomic E-state index is 0.0332. The molecule has 0 radical (unpaired) electrons. The second-order valence-corrected chi connectivity index (χ2v) is 40.9. The summed E-state index contributed by atoms with van der Waals surface area (Å²) in [5, 5.41) is 0. The summed E-state index contributed by atoms with van der Waals surface area (Å²) in [6, 6.07) is 9.65. The molecule has 1 atom stereocenters. The summed E-state index contributed by atoms with van der Waals surface area (Å²) in [7, 11) is 0. The zero-order chi connectivity index (χ0) is 75.4. The first-order valence-electron chi connectivity index (χ1n) is 43.2. The first kappa shape index (κ1) is 86.5. The van der Waals surface area contributed by atoms with E-state index in [1.165, 1.54) is 169 Å². The van der Waals surface area contributed by atoms with Crippen LogP contribution in [0.2, 0.25) is 0 Å². The lowest BCUT2D eigenvalue weighted by Crippen LogP contribution is -2.73. The Morgan fingerprint density at radius 2 is 0.461 bits per heavy atom. The summed E-state index contributed by atoms with van der Waals surface area (Å²) in [5.41, 5.74) is 3.49. The van der Waals surface area contributed by atoms with Crippen LogP contribution in [-0.2, 0) is 9.53 Å². The zero-order valence-corrected chi connectivity index (χ0v) is 72.6. The zero-order valence-electron chi connectivity index (χ0n) is 72.6. The SMILES string of the molecule is CC(C)N1CC2(C1)CN(C(C)C)C2.CC(C)N1CCC2(C1)CN(C(C)C)C2.CC(C)N1CCC2(C1)CN(C(C)C)C2.CC(C)N1CCC2(CCN(C(C)C)C2)C1.CC(C)N1CCC2(CCN(C(C)C)C2=O)C1.CC(C)N1CCCC2(C1)CN(C(C)C)C2.CC(C)N1CCOC2(C1)CN(C(C)C)C2. The molecule has 16 heteroatoms. The summed E-state index contributed by atoms with van der Waals surface area (Å²) < 4.78 is 5.98. The molecule has 14 aliphatic rings. The van der Waals surface area contributed by atoms with Crippen LogP contribution in [0.15, 0.2) is 0 Å². The number of nitrogens with zero attached hydrogens (tertiary/aromatic N) is 14. The average molecular weight is 1430 g/mol. The summed E-state index contributed by atoms with van der Waals surface area (Å²) in [6.45, 7) is 99.2. The molecule has 14 saturated heterocycles. The molecule has 0 aromatic carbocycles. The van der Waals surface area contributed by atoms with Gasteiger partial charge in [0.05, 0.1) is 12.0 Å².